The van der Waals surface area contributed by atoms with Gasteiger partial charge in [-0.05, 0) is 38.5 Å². The number of hydrogen-bond donors (Lipinski definition) is 1. The van der Waals surface area contributed by atoms with Crippen molar-refractivity contribution in [2.24, 2.45) is 5.92 Å². The number of aliphatic hydroxyl groups is 1. The molecule has 1 N–H and O–H groups in total. The van der Waals surface area contributed by atoms with E-state index in [2.05, 4.69) is 0 Å². The van der Waals surface area contributed by atoms with Gasteiger partial charge in [0.1, 0.15) is 0 Å². The van der Waals surface area contributed by atoms with Gasteiger partial charge in [0.05, 0.1) is 6.10 Å². The topological polar surface area (TPSA) is 49.8 Å². The first-order chi connectivity index (χ1) is 8.54. The minimum absolute atomic E-state index is 0.213. The Balaban J connectivity index is 2.51. The predicted octanol–water partition coefficient (Wildman–Crippen LogP) is 1.81. The average molecular weight is 257 g/mol. The zero-order valence-electron chi connectivity index (χ0n) is 11.9. The number of nitrogens with zero attached hydrogens (tertiary/aromatic N) is 1. The highest BCUT2D eigenvalue weighted by Crippen LogP contribution is 2.22. The van der Waals surface area contributed by atoms with Gasteiger partial charge in [0, 0.05) is 32.7 Å². The van der Waals surface area contributed by atoms with Gasteiger partial charge in [0.25, 0.3) is 0 Å². The van der Waals surface area contributed by atoms with Crippen molar-refractivity contribution in [3.63, 3.8) is 0 Å². The summed E-state index contributed by atoms with van der Waals surface area (Å²) in [6, 6.07) is 0.223. The Morgan fingerprint density at radius 3 is 2.78 bits per heavy atom. The van der Waals surface area contributed by atoms with Crippen molar-refractivity contribution in [3.8, 4) is 0 Å². The minimum Gasteiger partial charge on any atom is -0.393 e. The lowest BCUT2D eigenvalue weighted by Crippen LogP contribution is -2.45. The van der Waals surface area contributed by atoms with Gasteiger partial charge in [-0.1, -0.05) is 6.92 Å². The van der Waals surface area contributed by atoms with Crippen LogP contribution in [0.5, 0.6) is 0 Å². The standard InChI is InChI=1S/C14H27NO3/c1-11(10-18-3)8-14(17)15-7-5-4-6-13(15)9-12(2)16/h11-13,16H,4-10H2,1-3H3. The van der Waals surface area contributed by atoms with Gasteiger partial charge in [-0.3, -0.25) is 4.79 Å². The SMILES string of the molecule is COCC(C)CC(=O)N1CCCCC1CC(C)O. The predicted molar refractivity (Wildman–Crippen MR) is 71.3 cm³/mol. The van der Waals surface area contributed by atoms with Crippen LogP contribution in [0.4, 0.5) is 0 Å². The van der Waals surface area contributed by atoms with Crippen LogP contribution >= 0.6 is 0 Å². The molecule has 0 aromatic rings. The molecule has 1 heterocycles. The van der Waals surface area contributed by atoms with E-state index in [4.69, 9.17) is 4.74 Å². The monoisotopic (exact) mass is 257 g/mol. The number of likely N-dealkylation sites (tertiary alicyclic amines) is 1. The zero-order valence-corrected chi connectivity index (χ0v) is 11.9. The van der Waals surface area contributed by atoms with Crippen LogP contribution in [-0.4, -0.2) is 48.3 Å². The van der Waals surface area contributed by atoms with E-state index in [1.807, 2.05) is 11.8 Å². The molecule has 0 bridgehead atoms. The number of carbonyl (C=O) groups is 1. The fourth-order valence-corrected chi connectivity index (χ4v) is 2.73. The third-order valence-corrected chi connectivity index (χ3v) is 3.53. The lowest BCUT2D eigenvalue weighted by Gasteiger charge is -2.37. The number of methoxy groups -OCH3 is 1. The quantitative estimate of drug-likeness (QED) is 0.789. The number of ether oxygens (including phenoxy) is 1. The van der Waals surface area contributed by atoms with E-state index in [1.54, 1.807) is 14.0 Å². The number of rotatable bonds is 6. The molecule has 1 fully saturated rings. The highest BCUT2D eigenvalue weighted by atomic mass is 16.5. The number of piperidine rings is 1. The summed E-state index contributed by atoms with van der Waals surface area (Å²) in [5.74, 6) is 0.474. The highest BCUT2D eigenvalue weighted by Gasteiger charge is 2.28. The molecule has 1 amide bonds. The maximum atomic E-state index is 12.3. The summed E-state index contributed by atoms with van der Waals surface area (Å²) in [5, 5.41) is 9.51. The summed E-state index contributed by atoms with van der Waals surface area (Å²) in [7, 11) is 1.66. The third kappa shape index (κ3) is 4.94. The van der Waals surface area contributed by atoms with Gasteiger partial charge < -0.3 is 14.7 Å². The molecule has 106 valence electrons. The second kappa shape index (κ2) is 7.74. The van der Waals surface area contributed by atoms with Crippen molar-refractivity contribution < 1.29 is 14.6 Å². The fourth-order valence-electron chi connectivity index (χ4n) is 2.73. The summed E-state index contributed by atoms with van der Waals surface area (Å²) in [4.78, 5) is 14.2. The largest absolute Gasteiger partial charge is 0.393 e. The smallest absolute Gasteiger partial charge is 0.223 e. The first-order valence-electron chi connectivity index (χ1n) is 7.01. The second-order valence-electron chi connectivity index (χ2n) is 5.59. The molecule has 3 atom stereocenters. The summed E-state index contributed by atoms with van der Waals surface area (Å²) in [6.07, 6.45) is 4.18. The van der Waals surface area contributed by atoms with E-state index in [0.717, 1.165) is 25.8 Å². The molecule has 18 heavy (non-hydrogen) atoms. The molecule has 4 heteroatoms. The molecule has 4 nitrogen and oxygen atoms in total. The molecule has 0 aliphatic carbocycles. The van der Waals surface area contributed by atoms with Gasteiger partial charge >= 0.3 is 0 Å². The van der Waals surface area contributed by atoms with E-state index in [0.29, 0.717) is 19.4 Å². The van der Waals surface area contributed by atoms with Crippen molar-refractivity contribution in [2.45, 2.75) is 58.1 Å². The van der Waals surface area contributed by atoms with Gasteiger partial charge in [-0.2, -0.15) is 0 Å². The van der Waals surface area contributed by atoms with Crippen molar-refractivity contribution in [3.05, 3.63) is 0 Å². The van der Waals surface area contributed by atoms with Crippen LogP contribution in [0, 0.1) is 5.92 Å². The lowest BCUT2D eigenvalue weighted by atomic mass is 9.96. The van der Waals surface area contributed by atoms with E-state index in [-0.39, 0.29) is 24.0 Å². The molecule has 1 rings (SSSR count). The Kier molecular flexibility index (Phi) is 6.65. The molecule has 1 aliphatic heterocycles. The van der Waals surface area contributed by atoms with Crippen LogP contribution in [0.1, 0.15) is 46.0 Å². The van der Waals surface area contributed by atoms with Crippen molar-refractivity contribution in [1.29, 1.82) is 0 Å². The molecule has 0 aromatic heterocycles. The van der Waals surface area contributed by atoms with Crippen LogP contribution < -0.4 is 0 Å². The molecule has 1 saturated heterocycles. The van der Waals surface area contributed by atoms with E-state index in [9.17, 15) is 9.90 Å². The van der Waals surface area contributed by atoms with Gasteiger partial charge in [0.2, 0.25) is 5.91 Å². The van der Waals surface area contributed by atoms with Crippen LogP contribution in [0.25, 0.3) is 0 Å². The van der Waals surface area contributed by atoms with Gasteiger partial charge in [-0.25, -0.2) is 0 Å². The Bertz CT molecular complexity index is 255. The number of hydrogen-bond acceptors (Lipinski definition) is 3. The van der Waals surface area contributed by atoms with Crippen molar-refractivity contribution in [1.82, 2.24) is 4.90 Å². The Labute approximate surface area is 110 Å². The molecule has 0 radical (unpaired) electrons. The number of amides is 1. The second-order valence-corrected chi connectivity index (χ2v) is 5.59. The molecule has 1 aliphatic rings. The summed E-state index contributed by atoms with van der Waals surface area (Å²) >= 11 is 0. The molecule has 0 saturated carbocycles. The lowest BCUT2D eigenvalue weighted by molar-refractivity contribution is -0.136. The maximum Gasteiger partial charge on any atom is 0.223 e. The molecule has 3 unspecified atom stereocenters. The first kappa shape index (κ1) is 15.4. The Morgan fingerprint density at radius 1 is 1.44 bits per heavy atom. The number of carbonyl (C=O) groups excluding carboxylic acids is 1. The first-order valence-corrected chi connectivity index (χ1v) is 7.01. The van der Waals surface area contributed by atoms with Crippen molar-refractivity contribution >= 4 is 5.91 Å². The van der Waals surface area contributed by atoms with Crippen molar-refractivity contribution in [2.75, 3.05) is 20.3 Å². The molecular formula is C14H27NO3. The molecular weight excluding hydrogens is 230 g/mol. The van der Waals surface area contributed by atoms with Gasteiger partial charge in [0.15, 0.2) is 0 Å². The van der Waals surface area contributed by atoms with Crippen LogP contribution in [-0.2, 0) is 9.53 Å². The Morgan fingerprint density at radius 2 is 2.17 bits per heavy atom. The average Bonchev–Trinajstić information content (AvgIpc) is 2.28. The van der Waals surface area contributed by atoms with Crippen LogP contribution in [0.15, 0.2) is 0 Å². The Hall–Kier alpha value is -0.610. The highest BCUT2D eigenvalue weighted by molar-refractivity contribution is 5.76. The normalized spacial score (nSPS) is 23.8. The number of aliphatic hydroxyl groups excluding tert-OH is 1. The van der Waals surface area contributed by atoms with Crippen LogP contribution in [0.3, 0.4) is 0 Å². The van der Waals surface area contributed by atoms with Crippen LogP contribution in [0.2, 0.25) is 0 Å². The summed E-state index contributed by atoms with van der Waals surface area (Å²) in [6.45, 7) is 5.30. The summed E-state index contributed by atoms with van der Waals surface area (Å²) in [5.41, 5.74) is 0. The zero-order chi connectivity index (χ0) is 13.5. The van der Waals surface area contributed by atoms with E-state index in [1.165, 1.54) is 0 Å². The minimum atomic E-state index is -0.334. The molecule has 0 spiro atoms. The maximum absolute atomic E-state index is 12.3. The van der Waals surface area contributed by atoms with Gasteiger partial charge in [-0.15, -0.1) is 0 Å². The molecule has 0 aromatic carbocycles. The summed E-state index contributed by atoms with van der Waals surface area (Å²) < 4.78 is 5.07. The third-order valence-electron chi connectivity index (χ3n) is 3.53. The van der Waals surface area contributed by atoms with E-state index < -0.39 is 0 Å². The fraction of sp³-hybridized carbons (Fsp3) is 0.929. The van der Waals surface area contributed by atoms with E-state index >= 15 is 0 Å².